The number of aromatic nitrogens is 4. The van der Waals surface area contributed by atoms with Crippen LogP contribution in [0, 0.1) is 6.92 Å². The van der Waals surface area contributed by atoms with Crippen molar-refractivity contribution in [1.29, 1.82) is 0 Å². The highest BCUT2D eigenvalue weighted by molar-refractivity contribution is 5.73. The summed E-state index contributed by atoms with van der Waals surface area (Å²) in [6, 6.07) is 7.82. The van der Waals surface area contributed by atoms with E-state index in [-0.39, 0.29) is 17.6 Å². The third-order valence-corrected chi connectivity index (χ3v) is 5.81. The van der Waals surface area contributed by atoms with E-state index in [2.05, 4.69) is 16.2 Å². The van der Waals surface area contributed by atoms with Gasteiger partial charge in [0.25, 0.3) is 0 Å². The largest absolute Gasteiger partial charge is 0.482 e. The van der Waals surface area contributed by atoms with Crippen molar-refractivity contribution in [1.82, 2.24) is 19.9 Å². The first-order valence-corrected chi connectivity index (χ1v) is 10.6. The van der Waals surface area contributed by atoms with Crippen LogP contribution < -0.4 is 10.5 Å². The van der Waals surface area contributed by atoms with E-state index in [4.69, 9.17) is 20.1 Å². The molecule has 3 aromatic heterocycles. The number of hydrogen-bond acceptors (Lipinski definition) is 6. The summed E-state index contributed by atoms with van der Waals surface area (Å²) in [5.41, 5.74) is 12.0. The van der Waals surface area contributed by atoms with Crippen molar-refractivity contribution in [2.45, 2.75) is 39.2 Å². The van der Waals surface area contributed by atoms with Gasteiger partial charge in [0.2, 0.25) is 6.43 Å². The Hall–Kier alpha value is -3.75. The molecule has 2 bridgehead atoms. The van der Waals surface area contributed by atoms with Crippen molar-refractivity contribution in [3.05, 3.63) is 64.8 Å². The van der Waals surface area contributed by atoms with Gasteiger partial charge in [0.1, 0.15) is 11.9 Å². The number of nitrogens with two attached hydrogens (primary N) is 1. The molecule has 0 aliphatic carbocycles. The minimum atomic E-state index is -2.57. The molecule has 170 valence electrons. The van der Waals surface area contributed by atoms with E-state index in [9.17, 15) is 8.78 Å². The first-order valence-electron chi connectivity index (χ1n) is 10.6. The molecule has 0 fully saturated rings. The van der Waals surface area contributed by atoms with Gasteiger partial charge < -0.3 is 15.0 Å². The maximum Gasteiger partial charge on any atom is 0.244 e. The minimum absolute atomic E-state index is 0.170. The fourth-order valence-electron chi connectivity index (χ4n) is 4.34. The number of benzene rings is 1. The van der Waals surface area contributed by atoms with Crippen molar-refractivity contribution < 1.29 is 18.0 Å². The van der Waals surface area contributed by atoms with Crippen molar-refractivity contribution in [2.75, 3.05) is 5.73 Å². The van der Waals surface area contributed by atoms with Gasteiger partial charge in [-0.1, -0.05) is 28.9 Å². The van der Waals surface area contributed by atoms with Gasteiger partial charge in [-0.2, -0.15) is 5.10 Å². The van der Waals surface area contributed by atoms with Crippen molar-refractivity contribution in [2.24, 2.45) is 7.05 Å². The number of ether oxygens (including phenoxy) is 1. The number of fused-ring (bicyclic) bond motifs is 7. The van der Waals surface area contributed by atoms with Crippen molar-refractivity contribution >= 4 is 5.82 Å². The molecule has 9 heteroatoms. The zero-order valence-corrected chi connectivity index (χ0v) is 18.5. The molecule has 33 heavy (non-hydrogen) atoms. The Labute approximate surface area is 189 Å². The van der Waals surface area contributed by atoms with Gasteiger partial charge in [-0.15, -0.1) is 0 Å². The van der Waals surface area contributed by atoms with Crippen LogP contribution in [-0.4, -0.2) is 26.3 Å². The number of anilines is 1. The number of nitrogens with zero attached hydrogens (tertiary/aromatic N) is 4. The zero-order valence-electron chi connectivity index (χ0n) is 18.5. The van der Waals surface area contributed by atoms with Crippen LogP contribution in [0.4, 0.5) is 14.6 Å². The highest BCUT2D eigenvalue weighted by atomic mass is 19.3. The summed E-state index contributed by atoms with van der Waals surface area (Å²) in [5.74, 6) is 1.04. The topological polar surface area (TPSA) is 92.0 Å². The molecule has 1 aliphatic rings. The zero-order chi connectivity index (χ0) is 23.3. The molecule has 0 amide bonds. The summed E-state index contributed by atoms with van der Waals surface area (Å²) >= 11 is 0. The Balaban J connectivity index is 1.78. The Morgan fingerprint density at radius 1 is 1.27 bits per heavy atom. The molecule has 0 saturated carbocycles. The predicted octanol–water partition coefficient (Wildman–Crippen LogP) is 4.88. The standard InChI is InChI=1S/C24H23F2N5O2/c1-12-4-5-16-17(6-12)13(2)32-20-7-14(10-28-24(20)27)22-18(9-21(25)26)30-33-19(22)8-15-11-31(3)29-23(15)16/h4-7,10-11,13,21H,8-9H2,1-3H3,(H2,27,28)/t13-/m1/s1. The van der Waals surface area contributed by atoms with Gasteiger partial charge in [-0.3, -0.25) is 4.68 Å². The van der Waals surface area contributed by atoms with E-state index in [1.807, 2.05) is 39.2 Å². The van der Waals surface area contributed by atoms with Crippen LogP contribution in [0.25, 0.3) is 22.4 Å². The molecular formula is C24H23F2N5O2. The lowest BCUT2D eigenvalue weighted by molar-refractivity contribution is 0.146. The Morgan fingerprint density at radius 3 is 2.88 bits per heavy atom. The first kappa shape index (κ1) is 21.1. The monoisotopic (exact) mass is 451 g/mol. The summed E-state index contributed by atoms with van der Waals surface area (Å²) in [7, 11) is 1.84. The molecule has 2 N–H and O–H groups in total. The van der Waals surface area contributed by atoms with Crippen LogP contribution in [-0.2, 0) is 19.9 Å². The molecule has 5 rings (SSSR count). The second-order valence-electron chi connectivity index (χ2n) is 8.33. The van der Waals surface area contributed by atoms with Crippen LogP contribution in [0.15, 0.2) is 41.2 Å². The van der Waals surface area contributed by atoms with Crippen LogP contribution in [0.5, 0.6) is 5.75 Å². The quantitative estimate of drug-likeness (QED) is 0.467. The molecule has 0 saturated heterocycles. The average Bonchev–Trinajstić information content (AvgIpc) is 3.31. The van der Waals surface area contributed by atoms with Crippen LogP contribution >= 0.6 is 0 Å². The van der Waals surface area contributed by atoms with E-state index in [0.29, 0.717) is 29.1 Å². The first-order chi connectivity index (χ1) is 15.8. The summed E-state index contributed by atoms with van der Waals surface area (Å²) in [6.45, 7) is 3.95. The Bertz CT molecular complexity index is 1340. The number of halogens is 2. The summed E-state index contributed by atoms with van der Waals surface area (Å²) in [6.07, 6.45) is 0.307. The molecule has 0 spiro atoms. The van der Waals surface area contributed by atoms with Crippen molar-refractivity contribution in [3.8, 4) is 28.1 Å². The molecular weight excluding hydrogens is 428 g/mol. The van der Waals surface area contributed by atoms with Crippen LogP contribution in [0.2, 0.25) is 0 Å². The number of pyridine rings is 1. The Kier molecular flexibility index (Phi) is 5.11. The smallest absolute Gasteiger partial charge is 0.244 e. The fourth-order valence-corrected chi connectivity index (χ4v) is 4.34. The maximum absolute atomic E-state index is 13.3. The average molecular weight is 451 g/mol. The van der Waals surface area contributed by atoms with E-state index < -0.39 is 12.8 Å². The molecule has 1 aliphatic heterocycles. The highest BCUT2D eigenvalue weighted by Gasteiger charge is 2.26. The summed E-state index contributed by atoms with van der Waals surface area (Å²) in [4.78, 5) is 4.26. The number of nitrogen functional groups attached to an aromatic ring is 1. The van der Waals surface area contributed by atoms with Gasteiger partial charge in [0.15, 0.2) is 11.6 Å². The minimum Gasteiger partial charge on any atom is -0.482 e. The number of aryl methyl sites for hydroxylation is 2. The number of rotatable bonds is 2. The molecule has 7 nitrogen and oxygen atoms in total. The van der Waals surface area contributed by atoms with Gasteiger partial charge in [0, 0.05) is 48.1 Å². The summed E-state index contributed by atoms with van der Waals surface area (Å²) in [5, 5.41) is 8.67. The van der Waals surface area contributed by atoms with Gasteiger partial charge in [-0.05, 0) is 19.9 Å². The Morgan fingerprint density at radius 2 is 2.09 bits per heavy atom. The second-order valence-corrected chi connectivity index (χ2v) is 8.33. The van der Waals surface area contributed by atoms with E-state index >= 15 is 0 Å². The molecule has 0 radical (unpaired) electrons. The fraction of sp³-hybridized carbons (Fsp3) is 0.292. The lowest BCUT2D eigenvalue weighted by Crippen LogP contribution is -2.09. The second kappa shape index (κ2) is 7.99. The number of hydrogen-bond donors (Lipinski definition) is 1. The van der Waals surface area contributed by atoms with Crippen molar-refractivity contribution in [3.63, 3.8) is 0 Å². The van der Waals surface area contributed by atoms with Crippen LogP contribution in [0.3, 0.4) is 0 Å². The highest BCUT2D eigenvalue weighted by Crippen LogP contribution is 2.39. The molecule has 0 unspecified atom stereocenters. The maximum atomic E-state index is 13.3. The van der Waals surface area contributed by atoms with Gasteiger partial charge in [0.05, 0.1) is 23.4 Å². The summed E-state index contributed by atoms with van der Waals surface area (Å²) < 4.78 is 40.2. The molecule has 4 aromatic rings. The molecule has 1 aromatic carbocycles. The van der Waals surface area contributed by atoms with E-state index in [1.54, 1.807) is 10.7 Å². The lowest BCUT2D eigenvalue weighted by Gasteiger charge is -2.21. The number of alkyl halides is 2. The third kappa shape index (κ3) is 3.83. The van der Waals surface area contributed by atoms with E-state index in [0.717, 1.165) is 27.9 Å². The SMILES string of the molecule is Cc1ccc2c(c1)[C@@H](C)Oc1cc(cnc1N)-c1c(CC(F)F)noc1Cc1cn(C)nc1-2. The van der Waals surface area contributed by atoms with Gasteiger partial charge >= 0.3 is 0 Å². The van der Waals surface area contributed by atoms with Gasteiger partial charge in [-0.25, -0.2) is 13.8 Å². The normalized spacial score (nSPS) is 15.2. The molecule has 4 heterocycles. The molecule has 1 atom stereocenters. The van der Waals surface area contributed by atoms with Crippen LogP contribution in [0.1, 0.15) is 41.2 Å². The predicted molar refractivity (Wildman–Crippen MR) is 119 cm³/mol. The lowest BCUT2D eigenvalue weighted by atomic mass is 9.93. The van der Waals surface area contributed by atoms with E-state index in [1.165, 1.54) is 6.20 Å². The third-order valence-electron chi connectivity index (χ3n) is 5.81.